The van der Waals surface area contributed by atoms with Crippen LogP contribution in [0.2, 0.25) is 0 Å². The maximum atomic E-state index is 11.6. The van der Waals surface area contributed by atoms with Crippen molar-refractivity contribution >= 4 is 21.6 Å². The molecule has 0 aliphatic carbocycles. The monoisotopic (exact) mass is 272 g/mol. The van der Waals surface area contributed by atoms with Crippen LogP contribution in [-0.4, -0.2) is 24.5 Å². The Morgan fingerprint density at radius 2 is 2.06 bits per heavy atom. The molecule has 0 bridgehead atoms. The van der Waals surface area contributed by atoms with Gasteiger partial charge in [0.05, 0.1) is 11.6 Å². The molecular formula is C11H13ClN2O2S. The third-order valence-electron chi connectivity index (χ3n) is 2.37. The van der Waals surface area contributed by atoms with E-state index in [1.807, 2.05) is 6.07 Å². The van der Waals surface area contributed by atoms with Gasteiger partial charge in [0.2, 0.25) is 10.0 Å². The largest absolute Gasteiger partial charge is 0.228 e. The van der Waals surface area contributed by atoms with Gasteiger partial charge in [0, 0.05) is 13.1 Å². The first-order chi connectivity index (χ1) is 8.05. The molecule has 0 heterocycles. The number of rotatable bonds is 5. The van der Waals surface area contributed by atoms with Crippen molar-refractivity contribution < 1.29 is 8.42 Å². The zero-order valence-corrected chi connectivity index (χ0v) is 11.0. The van der Waals surface area contributed by atoms with Crippen molar-refractivity contribution in [3.05, 3.63) is 35.4 Å². The Morgan fingerprint density at radius 1 is 1.41 bits per heavy atom. The zero-order chi connectivity index (χ0) is 12.9. The summed E-state index contributed by atoms with van der Waals surface area (Å²) < 4.78 is 24.6. The van der Waals surface area contributed by atoms with Gasteiger partial charge in [0.15, 0.2) is 0 Å². The molecule has 1 rings (SSSR count). The second-order valence-electron chi connectivity index (χ2n) is 3.42. The van der Waals surface area contributed by atoms with Crippen molar-refractivity contribution in [2.24, 2.45) is 0 Å². The second-order valence-corrected chi connectivity index (χ2v) is 5.97. The maximum absolute atomic E-state index is 11.6. The summed E-state index contributed by atoms with van der Waals surface area (Å²) in [5.41, 5.74) is 1.17. The third kappa shape index (κ3) is 3.43. The van der Waals surface area contributed by atoms with Gasteiger partial charge in [-0.15, -0.1) is 11.6 Å². The summed E-state index contributed by atoms with van der Waals surface area (Å²) in [6, 6.07) is 8.96. The molecular weight excluding hydrogens is 260 g/mol. The molecule has 0 fully saturated rings. The SMILES string of the molecule is CCN(Cc1ccccc1C#N)S(=O)(=O)CCl. The molecule has 92 valence electrons. The number of sulfonamides is 1. The topological polar surface area (TPSA) is 61.2 Å². The maximum Gasteiger partial charge on any atom is 0.228 e. The Balaban J connectivity index is 3.01. The Labute approximate surface area is 106 Å². The molecule has 0 radical (unpaired) electrons. The molecule has 4 nitrogen and oxygen atoms in total. The van der Waals surface area contributed by atoms with Crippen LogP contribution in [0.1, 0.15) is 18.1 Å². The lowest BCUT2D eigenvalue weighted by Crippen LogP contribution is -2.31. The molecule has 0 aliphatic heterocycles. The first-order valence-electron chi connectivity index (χ1n) is 5.07. The molecule has 1 aromatic rings. The molecule has 0 spiro atoms. The standard InChI is InChI=1S/C11H13ClN2O2S/c1-2-14(17(15,16)9-12)8-11-6-4-3-5-10(11)7-13/h3-6H,2,8-9H2,1H3. The van der Waals surface area contributed by atoms with Gasteiger partial charge >= 0.3 is 0 Å². The highest BCUT2D eigenvalue weighted by atomic mass is 35.5. The van der Waals surface area contributed by atoms with E-state index >= 15 is 0 Å². The number of alkyl halides is 1. The van der Waals surface area contributed by atoms with Crippen LogP contribution in [0.5, 0.6) is 0 Å². The van der Waals surface area contributed by atoms with Gasteiger partial charge in [0.25, 0.3) is 0 Å². The van der Waals surface area contributed by atoms with Gasteiger partial charge in [-0.2, -0.15) is 9.57 Å². The molecule has 0 saturated carbocycles. The van der Waals surface area contributed by atoms with E-state index in [1.54, 1.807) is 31.2 Å². The highest BCUT2D eigenvalue weighted by molar-refractivity contribution is 7.90. The number of halogens is 1. The van der Waals surface area contributed by atoms with Crippen LogP contribution < -0.4 is 0 Å². The van der Waals surface area contributed by atoms with E-state index in [0.29, 0.717) is 17.7 Å². The van der Waals surface area contributed by atoms with Crippen LogP contribution in [0.4, 0.5) is 0 Å². The molecule has 0 N–H and O–H groups in total. The molecule has 0 atom stereocenters. The number of hydrogen-bond acceptors (Lipinski definition) is 3. The van der Waals surface area contributed by atoms with Crippen LogP contribution in [0, 0.1) is 11.3 Å². The van der Waals surface area contributed by atoms with E-state index in [0.717, 1.165) is 0 Å². The Bertz CT molecular complexity index is 523. The molecule has 0 aliphatic rings. The van der Waals surface area contributed by atoms with E-state index in [2.05, 4.69) is 0 Å². The first kappa shape index (κ1) is 14.0. The lowest BCUT2D eigenvalue weighted by Gasteiger charge is -2.19. The number of nitrogens with zero attached hydrogens (tertiary/aromatic N) is 2. The van der Waals surface area contributed by atoms with E-state index in [1.165, 1.54) is 4.31 Å². The summed E-state index contributed by atoms with van der Waals surface area (Å²) in [7, 11) is -3.44. The molecule has 17 heavy (non-hydrogen) atoms. The second kappa shape index (κ2) is 6.01. The molecule has 0 saturated heterocycles. The Kier molecular flexibility index (Phi) is 4.94. The molecule has 6 heteroatoms. The molecule has 0 unspecified atom stereocenters. The van der Waals surface area contributed by atoms with Crippen molar-refractivity contribution in [2.75, 3.05) is 11.8 Å². The van der Waals surface area contributed by atoms with Crippen molar-refractivity contribution in [3.8, 4) is 6.07 Å². The summed E-state index contributed by atoms with van der Waals surface area (Å²) in [6.45, 7) is 2.24. The van der Waals surface area contributed by atoms with E-state index in [4.69, 9.17) is 16.9 Å². The predicted molar refractivity (Wildman–Crippen MR) is 66.9 cm³/mol. The van der Waals surface area contributed by atoms with Crippen molar-refractivity contribution in [3.63, 3.8) is 0 Å². The lowest BCUT2D eigenvalue weighted by atomic mass is 10.1. The van der Waals surface area contributed by atoms with Gasteiger partial charge in [-0.1, -0.05) is 25.1 Å². The summed E-state index contributed by atoms with van der Waals surface area (Å²) in [6.07, 6.45) is 0. The Morgan fingerprint density at radius 3 is 2.59 bits per heavy atom. The van der Waals surface area contributed by atoms with Crippen LogP contribution >= 0.6 is 11.6 Å². The fourth-order valence-electron chi connectivity index (χ4n) is 1.43. The molecule has 0 aromatic heterocycles. The smallest absolute Gasteiger partial charge is 0.211 e. The highest BCUT2D eigenvalue weighted by Crippen LogP contribution is 2.14. The first-order valence-corrected chi connectivity index (χ1v) is 7.21. The minimum atomic E-state index is -3.44. The van der Waals surface area contributed by atoms with Crippen LogP contribution in [0.25, 0.3) is 0 Å². The fourth-order valence-corrected chi connectivity index (χ4v) is 2.71. The summed E-state index contributed by atoms with van der Waals surface area (Å²) in [5.74, 6) is 0. The average molecular weight is 273 g/mol. The number of hydrogen-bond donors (Lipinski definition) is 0. The number of nitriles is 1. The lowest BCUT2D eigenvalue weighted by molar-refractivity contribution is 0.426. The average Bonchev–Trinajstić information content (AvgIpc) is 2.36. The predicted octanol–water partition coefficient (Wildman–Crippen LogP) is 1.91. The van der Waals surface area contributed by atoms with Gasteiger partial charge in [-0.3, -0.25) is 0 Å². The van der Waals surface area contributed by atoms with Gasteiger partial charge in [0.1, 0.15) is 5.21 Å². The van der Waals surface area contributed by atoms with E-state index < -0.39 is 15.2 Å². The van der Waals surface area contributed by atoms with Crippen molar-refractivity contribution in [1.82, 2.24) is 4.31 Å². The quantitative estimate of drug-likeness (QED) is 0.769. The van der Waals surface area contributed by atoms with Crippen molar-refractivity contribution in [2.45, 2.75) is 13.5 Å². The number of benzene rings is 1. The highest BCUT2D eigenvalue weighted by Gasteiger charge is 2.20. The zero-order valence-electron chi connectivity index (χ0n) is 9.43. The van der Waals surface area contributed by atoms with Crippen LogP contribution in [-0.2, 0) is 16.6 Å². The van der Waals surface area contributed by atoms with E-state index in [9.17, 15) is 8.42 Å². The normalized spacial score (nSPS) is 11.4. The summed E-state index contributed by atoms with van der Waals surface area (Å²) >= 11 is 5.41. The van der Waals surface area contributed by atoms with Gasteiger partial charge < -0.3 is 0 Å². The van der Waals surface area contributed by atoms with Crippen LogP contribution in [0.15, 0.2) is 24.3 Å². The van der Waals surface area contributed by atoms with Gasteiger partial charge in [-0.25, -0.2) is 8.42 Å². The van der Waals surface area contributed by atoms with Gasteiger partial charge in [-0.05, 0) is 11.6 Å². The summed E-state index contributed by atoms with van der Waals surface area (Å²) in [5, 5.41) is 8.47. The Hall–Kier alpha value is -1.09. The van der Waals surface area contributed by atoms with E-state index in [-0.39, 0.29) is 6.54 Å². The molecule has 0 amide bonds. The van der Waals surface area contributed by atoms with Crippen molar-refractivity contribution in [1.29, 1.82) is 5.26 Å². The summed E-state index contributed by atoms with van der Waals surface area (Å²) in [4.78, 5) is 0. The van der Waals surface area contributed by atoms with Crippen LogP contribution in [0.3, 0.4) is 0 Å². The minimum absolute atomic E-state index is 0.176. The minimum Gasteiger partial charge on any atom is -0.211 e. The molecule has 1 aromatic carbocycles. The third-order valence-corrected chi connectivity index (χ3v) is 4.65. The fraction of sp³-hybridized carbons (Fsp3) is 0.364.